The normalized spacial score (nSPS) is 10.8. The Balaban J connectivity index is 1.54. The maximum Gasteiger partial charge on any atom is 0.275 e. The molecule has 3 heterocycles. The Morgan fingerprint density at radius 2 is 1.84 bits per heavy atom. The highest BCUT2D eigenvalue weighted by Gasteiger charge is 2.10. The average Bonchev–Trinajstić information content (AvgIpc) is 3.08. The molecule has 0 aliphatic carbocycles. The van der Waals surface area contributed by atoms with E-state index in [0.29, 0.717) is 11.2 Å². The molecule has 0 bridgehead atoms. The summed E-state index contributed by atoms with van der Waals surface area (Å²) in [6.07, 6.45) is 6.61. The zero-order valence-electron chi connectivity index (χ0n) is 13.4. The first-order chi connectivity index (χ1) is 12.2. The molecule has 0 aliphatic heterocycles. The maximum atomic E-state index is 12.4. The van der Waals surface area contributed by atoms with Gasteiger partial charge in [-0.1, -0.05) is 12.1 Å². The zero-order valence-corrected chi connectivity index (χ0v) is 13.4. The van der Waals surface area contributed by atoms with E-state index in [2.05, 4.69) is 25.3 Å². The second kappa shape index (κ2) is 6.12. The number of para-hydroxylation sites is 2. The van der Waals surface area contributed by atoms with Crippen molar-refractivity contribution in [1.82, 2.24) is 24.5 Å². The lowest BCUT2D eigenvalue weighted by molar-refractivity contribution is 0.102. The van der Waals surface area contributed by atoms with Crippen LogP contribution in [0.2, 0.25) is 0 Å². The number of hydrogen-bond donors (Lipinski definition) is 1. The largest absolute Gasteiger partial charge is 0.319 e. The monoisotopic (exact) mass is 330 g/mol. The summed E-state index contributed by atoms with van der Waals surface area (Å²) in [7, 11) is 0. The number of rotatable bonds is 3. The highest BCUT2D eigenvalue weighted by molar-refractivity contribution is 6.03. The molecule has 1 N–H and O–H groups in total. The van der Waals surface area contributed by atoms with Gasteiger partial charge in [0.2, 0.25) is 0 Å². The molecule has 0 saturated heterocycles. The Labute approximate surface area is 143 Å². The summed E-state index contributed by atoms with van der Waals surface area (Å²) in [5.74, 6) is 1.25. The number of amides is 1. The van der Waals surface area contributed by atoms with Crippen LogP contribution in [0.3, 0.4) is 0 Å². The molecule has 1 amide bonds. The van der Waals surface area contributed by atoms with Crippen molar-refractivity contribution in [2.24, 2.45) is 0 Å². The molecule has 0 spiro atoms. The topological polar surface area (TPSA) is 85.6 Å². The minimum atomic E-state index is -0.327. The van der Waals surface area contributed by atoms with E-state index in [9.17, 15) is 4.79 Å². The van der Waals surface area contributed by atoms with Crippen molar-refractivity contribution in [3.63, 3.8) is 0 Å². The predicted octanol–water partition coefficient (Wildman–Crippen LogP) is 2.77. The fraction of sp³-hybridized carbons (Fsp3) is 0.0556. The van der Waals surface area contributed by atoms with Crippen LogP contribution in [0, 0.1) is 6.92 Å². The van der Waals surface area contributed by atoms with Crippen LogP contribution in [0.15, 0.2) is 61.2 Å². The van der Waals surface area contributed by atoms with Gasteiger partial charge in [0.05, 0.1) is 29.1 Å². The molecule has 0 aliphatic rings. The van der Waals surface area contributed by atoms with Crippen LogP contribution in [-0.4, -0.2) is 30.4 Å². The average molecular weight is 330 g/mol. The van der Waals surface area contributed by atoms with Gasteiger partial charge >= 0.3 is 0 Å². The molecule has 3 aromatic heterocycles. The van der Waals surface area contributed by atoms with Gasteiger partial charge < -0.3 is 5.32 Å². The molecule has 7 heteroatoms. The molecule has 0 saturated carbocycles. The van der Waals surface area contributed by atoms with Crippen molar-refractivity contribution in [3.8, 4) is 5.82 Å². The van der Waals surface area contributed by atoms with Crippen molar-refractivity contribution >= 4 is 22.6 Å². The first-order valence-corrected chi connectivity index (χ1v) is 7.70. The lowest BCUT2D eigenvalue weighted by Gasteiger charge is -2.07. The molecule has 1 aromatic carbocycles. The van der Waals surface area contributed by atoms with E-state index in [4.69, 9.17) is 0 Å². The number of carbonyl (C=O) groups excluding carboxylic acids is 1. The van der Waals surface area contributed by atoms with Crippen molar-refractivity contribution in [2.45, 2.75) is 6.92 Å². The number of imidazole rings is 1. The summed E-state index contributed by atoms with van der Waals surface area (Å²) in [5.41, 5.74) is 2.27. The van der Waals surface area contributed by atoms with E-state index in [1.165, 1.54) is 6.20 Å². The van der Waals surface area contributed by atoms with Crippen LogP contribution in [0.1, 0.15) is 16.3 Å². The predicted molar refractivity (Wildman–Crippen MR) is 93.6 cm³/mol. The molecule has 0 radical (unpaired) electrons. The van der Waals surface area contributed by atoms with Gasteiger partial charge in [0.15, 0.2) is 0 Å². The summed E-state index contributed by atoms with van der Waals surface area (Å²) >= 11 is 0. The van der Waals surface area contributed by atoms with Gasteiger partial charge in [-0.2, -0.15) is 0 Å². The minimum absolute atomic E-state index is 0.258. The quantitative estimate of drug-likeness (QED) is 0.624. The first kappa shape index (κ1) is 14.9. The zero-order chi connectivity index (χ0) is 17.2. The van der Waals surface area contributed by atoms with E-state index < -0.39 is 0 Å². The highest BCUT2D eigenvalue weighted by Crippen LogP contribution is 2.13. The molecule has 0 unspecified atom stereocenters. The van der Waals surface area contributed by atoms with Crippen molar-refractivity contribution in [2.75, 3.05) is 5.32 Å². The lowest BCUT2D eigenvalue weighted by atomic mass is 10.3. The number of benzene rings is 1. The molecule has 0 fully saturated rings. The fourth-order valence-corrected chi connectivity index (χ4v) is 2.48. The third kappa shape index (κ3) is 2.94. The Morgan fingerprint density at radius 3 is 2.56 bits per heavy atom. The molecule has 7 nitrogen and oxygen atoms in total. The van der Waals surface area contributed by atoms with E-state index >= 15 is 0 Å². The standard InChI is InChI=1S/C18H14N6O/c1-12-19-8-9-24(12)17-7-6-13(10-21-17)22-18(25)16-11-20-14-4-2-3-5-15(14)23-16/h2-11H,1H3,(H,22,25). The van der Waals surface area contributed by atoms with Gasteiger partial charge in [0.25, 0.3) is 5.91 Å². The number of nitrogens with zero attached hydrogens (tertiary/aromatic N) is 5. The number of aryl methyl sites for hydroxylation is 1. The van der Waals surface area contributed by atoms with E-state index in [0.717, 1.165) is 17.2 Å². The number of fused-ring (bicyclic) bond motifs is 1. The summed E-state index contributed by atoms with van der Waals surface area (Å²) in [6, 6.07) is 11.0. The summed E-state index contributed by atoms with van der Waals surface area (Å²) < 4.78 is 1.86. The summed E-state index contributed by atoms with van der Waals surface area (Å²) in [6.45, 7) is 1.90. The molecular formula is C18H14N6O. The fourth-order valence-electron chi connectivity index (χ4n) is 2.48. The van der Waals surface area contributed by atoms with Crippen LogP contribution in [0.4, 0.5) is 5.69 Å². The first-order valence-electron chi connectivity index (χ1n) is 7.70. The van der Waals surface area contributed by atoms with Gasteiger partial charge in [-0.3, -0.25) is 14.3 Å². The summed E-state index contributed by atoms with van der Waals surface area (Å²) in [4.78, 5) is 29.5. The highest BCUT2D eigenvalue weighted by atomic mass is 16.1. The minimum Gasteiger partial charge on any atom is -0.319 e. The molecular weight excluding hydrogens is 316 g/mol. The number of nitrogens with one attached hydrogen (secondary N) is 1. The second-order valence-corrected chi connectivity index (χ2v) is 5.45. The molecule has 122 valence electrons. The SMILES string of the molecule is Cc1nccn1-c1ccc(NC(=O)c2cnc3ccccc3n2)cn1. The number of hydrogen-bond acceptors (Lipinski definition) is 5. The third-order valence-corrected chi connectivity index (χ3v) is 3.76. The number of aromatic nitrogens is 5. The molecule has 4 aromatic rings. The van der Waals surface area contributed by atoms with Gasteiger partial charge in [-0.15, -0.1) is 0 Å². The van der Waals surface area contributed by atoms with Gasteiger partial charge in [-0.25, -0.2) is 15.0 Å². The van der Waals surface area contributed by atoms with Crippen LogP contribution in [0.5, 0.6) is 0 Å². The van der Waals surface area contributed by atoms with Gasteiger partial charge in [0.1, 0.15) is 17.3 Å². The molecule has 0 atom stereocenters. The van der Waals surface area contributed by atoms with E-state index in [1.807, 2.05) is 48.0 Å². The Morgan fingerprint density at radius 1 is 1.00 bits per heavy atom. The summed E-state index contributed by atoms with van der Waals surface area (Å²) in [5, 5.41) is 2.78. The van der Waals surface area contributed by atoms with Gasteiger partial charge in [-0.05, 0) is 31.2 Å². The molecule has 4 rings (SSSR count). The number of pyridine rings is 1. The van der Waals surface area contributed by atoms with Crippen molar-refractivity contribution < 1.29 is 4.79 Å². The Bertz CT molecular complexity index is 1050. The molecule has 25 heavy (non-hydrogen) atoms. The lowest BCUT2D eigenvalue weighted by Crippen LogP contribution is -2.14. The maximum absolute atomic E-state index is 12.4. The van der Waals surface area contributed by atoms with Crippen LogP contribution in [-0.2, 0) is 0 Å². The number of carbonyl (C=O) groups is 1. The van der Waals surface area contributed by atoms with E-state index in [1.54, 1.807) is 18.5 Å². The van der Waals surface area contributed by atoms with Crippen molar-refractivity contribution in [3.05, 3.63) is 72.7 Å². The van der Waals surface area contributed by atoms with Crippen molar-refractivity contribution in [1.29, 1.82) is 0 Å². The van der Waals surface area contributed by atoms with Crippen LogP contribution in [0.25, 0.3) is 16.9 Å². The van der Waals surface area contributed by atoms with Gasteiger partial charge in [0, 0.05) is 12.4 Å². The van der Waals surface area contributed by atoms with E-state index in [-0.39, 0.29) is 11.6 Å². The second-order valence-electron chi connectivity index (χ2n) is 5.45. The van der Waals surface area contributed by atoms with Crippen LogP contribution < -0.4 is 5.32 Å². The Kier molecular flexibility index (Phi) is 3.66. The van der Waals surface area contributed by atoms with Crippen LogP contribution >= 0.6 is 0 Å². The smallest absolute Gasteiger partial charge is 0.275 e. The number of anilines is 1. The third-order valence-electron chi connectivity index (χ3n) is 3.76. The Hall–Kier alpha value is -3.61.